The number of carbonyl (C=O) groups is 1. The smallest absolute Gasteiger partial charge is 0.303 e. The van der Waals surface area contributed by atoms with Crippen LogP contribution in [0.3, 0.4) is 0 Å². The predicted octanol–water partition coefficient (Wildman–Crippen LogP) is 4.73. The number of aliphatic hydroxyl groups is 1. The molecule has 0 aromatic heterocycles. The van der Waals surface area contributed by atoms with Crippen LogP contribution in [0.25, 0.3) is 0 Å². The number of rotatable bonds is 14. The van der Waals surface area contributed by atoms with Gasteiger partial charge in [0.1, 0.15) is 6.10 Å². The van der Waals surface area contributed by atoms with E-state index in [4.69, 9.17) is 9.84 Å². The van der Waals surface area contributed by atoms with E-state index in [1.165, 1.54) is 0 Å². The van der Waals surface area contributed by atoms with Crippen LogP contribution < -0.4 is 0 Å². The van der Waals surface area contributed by atoms with E-state index in [-0.39, 0.29) is 12.5 Å². The van der Waals surface area contributed by atoms with E-state index in [9.17, 15) is 9.90 Å². The molecule has 0 saturated carbocycles. The molecule has 0 aromatic carbocycles. The van der Waals surface area contributed by atoms with Gasteiger partial charge in [-0.15, -0.1) is 0 Å². The van der Waals surface area contributed by atoms with Crippen molar-refractivity contribution in [2.75, 3.05) is 0 Å². The van der Waals surface area contributed by atoms with Crippen molar-refractivity contribution in [3.63, 3.8) is 0 Å². The normalized spacial score (nSPS) is 21.8. The van der Waals surface area contributed by atoms with E-state index >= 15 is 0 Å². The van der Waals surface area contributed by atoms with Gasteiger partial charge in [-0.25, -0.2) is 0 Å². The molecule has 0 aliphatic carbocycles. The Bertz CT molecular complexity index is 528. The van der Waals surface area contributed by atoms with Crippen LogP contribution in [-0.4, -0.2) is 34.5 Å². The van der Waals surface area contributed by atoms with Crippen molar-refractivity contribution in [3.05, 3.63) is 60.8 Å². The second-order valence-electron chi connectivity index (χ2n) is 6.35. The summed E-state index contributed by atoms with van der Waals surface area (Å²) in [6.07, 6.45) is 25.1. The Hall–Kier alpha value is -1.91. The summed E-state index contributed by atoms with van der Waals surface area (Å²) >= 11 is 0. The van der Waals surface area contributed by atoms with Crippen molar-refractivity contribution in [3.8, 4) is 0 Å². The highest BCUT2D eigenvalue weighted by Crippen LogP contribution is 2.28. The van der Waals surface area contributed by atoms with Gasteiger partial charge in [-0.1, -0.05) is 80.5 Å². The molecular weight excluding hydrogens is 328 g/mol. The van der Waals surface area contributed by atoms with Crippen LogP contribution in [-0.2, 0) is 9.53 Å². The minimum atomic E-state index is -0.717. The molecule has 144 valence electrons. The molecule has 2 N–H and O–H groups in total. The number of hydrogen-bond donors (Lipinski definition) is 2. The summed E-state index contributed by atoms with van der Waals surface area (Å²) in [6, 6.07) is 0. The van der Waals surface area contributed by atoms with Crippen LogP contribution in [0.2, 0.25) is 0 Å². The lowest BCUT2D eigenvalue weighted by Gasteiger charge is -1.98. The number of aliphatic carboxylic acids is 1. The van der Waals surface area contributed by atoms with Gasteiger partial charge in [0.2, 0.25) is 0 Å². The van der Waals surface area contributed by atoms with Gasteiger partial charge in [0.15, 0.2) is 0 Å². The molecule has 3 unspecified atom stereocenters. The Balaban J connectivity index is 2.06. The molecule has 1 heterocycles. The molecule has 4 heteroatoms. The second-order valence-corrected chi connectivity index (χ2v) is 6.35. The van der Waals surface area contributed by atoms with Crippen LogP contribution in [0.1, 0.15) is 51.9 Å². The van der Waals surface area contributed by atoms with Crippen molar-refractivity contribution < 1.29 is 19.7 Å². The minimum absolute atomic E-state index is 0.203. The highest BCUT2D eigenvalue weighted by atomic mass is 16.6. The number of carboxylic acid groups (broad SMARTS) is 1. The third kappa shape index (κ3) is 12.5. The number of ether oxygens (including phenoxy) is 1. The molecule has 1 saturated heterocycles. The quantitative estimate of drug-likeness (QED) is 0.203. The van der Waals surface area contributed by atoms with Crippen molar-refractivity contribution in [1.29, 1.82) is 0 Å². The first-order valence-electron chi connectivity index (χ1n) is 9.52. The van der Waals surface area contributed by atoms with Crippen molar-refractivity contribution in [2.24, 2.45) is 0 Å². The summed E-state index contributed by atoms with van der Waals surface area (Å²) in [5.41, 5.74) is 0. The Kier molecular flexibility index (Phi) is 12.2. The first-order chi connectivity index (χ1) is 12.6. The fraction of sp³-hybridized carbons (Fsp3) is 0.500. The number of aliphatic hydroxyl groups excluding tert-OH is 1. The molecule has 3 atom stereocenters. The summed E-state index contributed by atoms with van der Waals surface area (Å²) < 4.78 is 5.56. The molecule has 0 radical (unpaired) electrons. The van der Waals surface area contributed by atoms with Gasteiger partial charge in [0.05, 0.1) is 12.2 Å². The van der Waals surface area contributed by atoms with Crippen LogP contribution in [0, 0.1) is 0 Å². The van der Waals surface area contributed by atoms with Crippen LogP contribution in [0.4, 0.5) is 0 Å². The van der Waals surface area contributed by atoms with Crippen LogP contribution >= 0.6 is 0 Å². The number of epoxide rings is 1. The summed E-state index contributed by atoms with van der Waals surface area (Å²) in [5.74, 6) is -0.717. The Morgan fingerprint density at radius 3 is 2.50 bits per heavy atom. The third-order valence-electron chi connectivity index (χ3n) is 3.97. The zero-order chi connectivity index (χ0) is 19.0. The largest absolute Gasteiger partial charge is 0.481 e. The van der Waals surface area contributed by atoms with E-state index in [1.54, 1.807) is 6.08 Å². The fourth-order valence-corrected chi connectivity index (χ4v) is 2.46. The molecule has 4 nitrogen and oxygen atoms in total. The molecule has 1 aliphatic rings. The van der Waals surface area contributed by atoms with Crippen LogP contribution in [0.5, 0.6) is 0 Å². The van der Waals surface area contributed by atoms with Gasteiger partial charge in [-0.2, -0.15) is 0 Å². The third-order valence-corrected chi connectivity index (χ3v) is 3.97. The van der Waals surface area contributed by atoms with E-state index in [0.29, 0.717) is 12.5 Å². The van der Waals surface area contributed by atoms with Gasteiger partial charge in [0.25, 0.3) is 0 Å². The van der Waals surface area contributed by atoms with Crippen molar-refractivity contribution >= 4 is 5.97 Å². The van der Waals surface area contributed by atoms with Crippen molar-refractivity contribution in [1.82, 2.24) is 0 Å². The van der Waals surface area contributed by atoms with Gasteiger partial charge < -0.3 is 14.9 Å². The zero-order valence-corrected chi connectivity index (χ0v) is 15.7. The Labute approximate surface area is 157 Å². The molecule has 1 fully saturated rings. The Morgan fingerprint density at radius 1 is 1.04 bits per heavy atom. The standard InChI is InChI=1S/C22H32O4/c1-2-3-9-14-19(23)15-10-6-4-5-7-11-16-20-21(26-20)17-12-8-13-18-22(24)25/h3-7,9-11,15-16,19-21,23H,2,8,12-14,17-18H2,1H3,(H,24,25). The number of hydrogen-bond acceptors (Lipinski definition) is 3. The molecule has 1 rings (SSSR count). The molecule has 26 heavy (non-hydrogen) atoms. The molecule has 1 aliphatic heterocycles. The predicted molar refractivity (Wildman–Crippen MR) is 106 cm³/mol. The van der Waals surface area contributed by atoms with E-state index in [0.717, 1.165) is 32.1 Å². The lowest BCUT2D eigenvalue weighted by Crippen LogP contribution is -1.98. The molecule has 0 bridgehead atoms. The second kappa shape index (κ2) is 14.3. The van der Waals surface area contributed by atoms with Gasteiger partial charge in [-0.3, -0.25) is 4.79 Å². The molecule has 0 amide bonds. The van der Waals surface area contributed by atoms with Crippen LogP contribution in [0.15, 0.2) is 60.8 Å². The number of allylic oxidation sites excluding steroid dienone is 7. The monoisotopic (exact) mass is 360 g/mol. The summed E-state index contributed by atoms with van der Waals surface area (Å²) in [6.45, 7) is 2.07. The first-order valence-corrected chi connectivity index (χ1v) is 9.52. The van der Waals surface area contributed by atoms with Gasteiger partial charge >= 0.3 is 5.97 Å². The zero-order valence-electron chi connectivity index (χ0n) is 15.7. The number of carboxylic acids is 1. The maximum Gasteiger partial charge on any atom is 0.303 e. The highest BCUT2D eigenvalue weighted by Gasteiger charge is 2.35. The SMILES string of the molecule is CCC=CCC(O)C=CC=CC=CC=CC1OC1CCCCCC(=O)O. The van der Waals surface area contributed by atoms with Gasteiger partial charge in [-0.05, 0) is 25.7 Å². The minimum Gasteiger partial charge on any atom is -0.481 e. The molecular formula is C22H32O4. The maximum absolute atomic E-state index is 10.4. The van der Waals surface area contributed by atoms with E-state index in [2.05, 4.69) is 13.0 Å². The lowest BCUT2D eigenvalue weighted by molar-refractivity contribution is -0.137. The number of unbranched alkanes of at least 4 members (excludes halogenated alkanes) is 2. The topological polar surface area (TPSA) is 70.1 Å². The lowest BCUT2D eigenvalue weighted by atomic mass is 10.1. The Morgan fingerprint density at radius 2 is 1.77 bits per heavy atom. The summed E-state index contributed by atoms with van der Waals surface area (Å²) in [5, 5.41) is 18.3. The van der Waals surface area contributed by atoms with Gasteiger partial charge in [0, 0.05) is 6.42 Å². The van der Waals surface area contributed by atoms with E-state index in [1.807, 2.05) is 48.6 Å². The van der Waals surface area contributed by atoms with E-state index < -0.39 is 12.1 Å². The molecule has 0 aromatic rings. The summed E-state index contributed by atoms with van der Waals surface area (Å²) in [4.78, 5) is 10.4. The highest BCUT2D eigenvalue weighted by molar-refractivity contribution is 5.66. The van der Waals surface area contributed by atoms with Crippen molar-refractivity contribution in [2.45, 2.75) is 70.2 Å². The molecule has 0 spiro atoms. The maximum atomic E-state index is 10.4. The average molecular weight is 360 g/mol. The first kappa shape index (κ1) is 22.1. The fourth-order valence-electron chi connectivity index (χ4n) is 2.46. The summed E-state index contributed by atoms with van der Waals surface area (Å²) in [7, 11) is 0. The average Bonchev–Trinajstić information content (AvgIpc) is 3.35.